The third-order valence-corrected chi connectivity index (χ3v) is 3.75. The fourth-order valence-electron chi connectivity index (χ4n) is 2.61. The van der Waals surface area contributed by atoms with Crippen molar-refractivity contribution in [2.75, 3.05) is 0 Å². The van der Waals surface area contributed by atoms with Crippen molar-refractivity contribution in [2.24, 2.45) is 5.41 Å². The molecule has 1 aliphatic carbocycles. The molecule has 1 aromatic carbocycles. The SMILES string of the molecule is O=C(O)C1(Cc2ccccc2)CCC(O)CC1. The van der Waals surface area contributed by atoms with E-state index < -0.39 is 11.4 Å². The van der Waals surface area contributed by atoms with E-state index >= 15 is 0 Å². The van der Waals surface area contributed by atoms with Gasteiger partial charge in [0.2, 0.25) is 0 Å². The third kappa shape index (κ3) is 2.67. The molecular weight excluding hydrogens is 216 g/mol. The molecule has 0 amide bonds. The highest BCUT2D eigenvalue weighted by molar-refractivity contribution is 5.75. The van der Waals surface area contributed by atoms with Crippen molar-refractivity contribution < 1.29 is 15.0 Å². The number of aliphatic carboxylic acids is 1. The van der Waals surface area contributed by atoms with E-state index in [4.69, 9.17) is 0 Å². The van der Waals surface area contributed by atoms with E-state index in [9.17, 15) is 15.0 Å². The van der Waals surface area contributed by atoms with Crippen LogP contribution in [0.25, 0.3) is 0 Å². The van der Waals surface area contributed by atoms with E-state index in [1.165, 1.54) is 0 Å². The Morgan fingerprint density at radius 3 is 2.35 bits per heavy atom. The molecule has 0 aromatic heterocycles. The monoisotopic (exact) mass is 234 g/mol. The number of carbonyl (C=O) groups is 1. The normalized spacial score (nSPS) is 28.9. The van der Waals surface area contributed by atoms with E-state index in [1.54, 1.807) is 0 Å². The predicted molar refractivity (Wildman–Crippen MR) is 64.7 cm³/mol. The molecule has 0 aliphatic heterocycles. The van der Waals surface area contributed by atoms with Crippen LogP contribution < -0.4 is 0 Å². The van der Waals surface area contributed by atoms with Gasteiger partial charge < -0.3 is 10.2 Å². The molecule has 3 heteroatoms. The lowest BCUT2D eigenvalue weighted by atomic mass is 9.69. The zero-order valence-electron chi connectivity index (χ0n) is 9.80. The van der Waals surface area contributed by atoms with E-state index in [2.05, 4.69) is 0 Å². The summed E-state index contributed by atoms with van der Waals surface area (Å²) in [7, 11) is 0. The minimum atomic E-state index is -0.728. The molecule has 0 heterocycles. The molecule has 0 saturated heterocycles. The van der Waals surface area contributed by atoms with Gasteiger partial charge in [0.1, 0.15) is 0 Å². The Labute approximate surface area is 101 Å². The van der Waals surface area contributed by atoms with Crippen LogP contribution in [0.5, 0.6) is 0 Å². The van der Waals surface area contributed by atoms with Gasteiger partial charge >= 0.3 is 5.97 Å². The van der Waals surface area contributed by atoms with Crippen LogP contribution in [-0.2, 0) is 11.2 Å². The van der Waals surface area contributed by atoms with Gasteiger partial charge in [-0.05, 0) is 37.7 Å². The number of carboxylic acids is 1. The summed E-state index contributed by atoms with van der Waals surface area (Å²) in [5.74, 6) is -0.728. The Bertz CT molecular complexity index is 378. The molecule has 2 N–H and O–H groups in total. The van der Waals surface area contributed by atoms with Crippen LogP contribution in [0.2, 0.25) is 0 Å². The molecule has 0 radical (unpaired) electrons. The molecule has 0 spiro atoms. The lowest BCUT2D eigenvalue weighted by Gasteiger charge is -2.35. The van der Waals surface area contributed by atoms with Crippen molar-refractivity contribution >= 4 is 5.97 Å². The average Bonchev–Trinajstić information content (AvgIpc) is 2.33. The van der Waals surface area contributed by atoms with E-state index in [1.807, 2.05) is 30.3 Å². The number of hydrogen-bond donors (Lipinski definition) is 2. The zero-order valence-corrected chi connectivity index (χ0v) is 9.80. The highest BCUT2D eigenvalue weighted by Crippen LogP contribution is 2.39. The summed E-state index contributed by atoms with van der Waals surface area (Å²) in [6.45, 7) is 0. The van der Waals surface area contributed by atoms with Gasteiger partial charge in [-0.2, -0.15) is 0 Å². The average molecular weight is 234 g/mol. The Balaban J connectivity index is 2.15. The van der Waals surface area contributed by atoms with Crippen LogP contribution in [0.15, 0.2) is 30.3 Å². The van der Waals surface area contributed by atoms with Gasteiger partial charge in [-0.25, -0.2) is 0 Å². The molecule has 92 valence electrons. The Morgan fingerprint density at radius 1 is 1.24 bits per heavy atom. The highest BCUT2D eigenvalue weighted by atomic mass is 16.4. The van der Waals surface area contributed by atoms with E-state index in [0.29, 0.717) is 32.1 Å². The quantitative estimate of drug-likeness (QED) is 0.843. The first-order valence-corrected chi connectivity index (χ1v) is 6.08. The summed E-state index contributed by atoms with van der Waals surface area (Å²) in [5.41, 5.74) is 0.381. The lowest BCUT2D eigenvalue weighted by Crippen LogP contribution is -2.38. The van der Waals surface area contributed by atoms with Crippen molar-refractivity contribution in [2.45, 2.75) is 38.2 Å². The van der Waals surface area contributed by atoms with E-state index in [0.717, 1.165) is 5.56 Å². The second kappa shape index (κ2) is 4.88. The molecule has 1 fully saturated rings. The standard InChI is InChI=1S/C14H18O3/c15-12-6-8-14(9-7-12,13(16)17)10-11-4-2-1-3-5-11/h1-5,12,15H,6-10H2,(H,16,17). The Kier molecular flexibility index (Phi) is 3.48. The molecule has 1 aliphatic rings. The molecular formula is C14H18O3. The first-order chi connectivity index (χ1) is 8.12. The van der Waals surface area contributed by atoms with Crippen LogP contribution in [-0.4, -0.2) is 22.3 Å². The maximum absolute atomic E-state index is 11.5. The Morgan fingerprint density at radius 2 is 1.82 bits per heavy atom. The molecule has 2 rings (SSSR count). The van der Waals surface area contributed by atoms with Crippen molar-refractivity contribution in [3.63, 3.8) is 0 Å². The highest BCUT2D eigenvalue weighted by Gasteiger charge is 2.41. The van der Waals surface area contributed by atoms with Crippen molar-refractivity contribution in [3.05, 3.63) is 35.9 Å². The third-order valence-electron chi connectivity index (χ3n) is 3.75. The van der Waals surface area contributed by atoms with Crippen LogP contribution in [0.4, 0.5) is 0 Å². The second-order valence-corrected chi connectivity index (χ2v) is 4.98. The maximum Gasteiger partial charge on any atom is 0.309 e. The number of rotatable bonds is 3. The van der Waals surface area contributed by atoms with Gasteiger partial charge in [0, 0.05) is 0 Å². The van der Waals surface area contributed by atoms with Crippen molar-refractivity contribution in [1.29, 1.82) is 0 Å². The summed E-state index contributed by atoms with van der Waals surface area (Å²) in [5, 5.41) is 19.0. The smallest absolute Gasteiger partial charge is 0.309 e. The first-order valence-electron chi connectivity index (χ1n) is 6.08. The Hall–Kier alpha value is -1.35. The van der Waals surface area contributed by atoms with Crippen molar-refractivity contribution in [3.8, 4) is 0 Å². The van der Waals surface area contributed by atoms with Gasteiger partial charge in [-0.15, -0.1) is 0 Å². The number of hydrogen-bond acceptors (Lipinski definition) is 2. The summed E-state index contributed by atoms with van der Waals surface area (Å²) in [6.07, 6.45) is 2.57. The minimum absolute atomic E-state index is 0.321. The molecule has 0 unspecified atom stereocenters. The van der Waals surface area contributed by atoms with Crippen LogP contribution in [0, 0.1) is 5.41 Å². The predicted octanol–water partition coefficient (Wildman–Crippen LogP) is 2.24. The fraction of sp³-hybridized carbons (Fsp3) is 0.500. The van der Waals surface area contributed by atoms with Crippen LogP contribution >= 0.6 is 0 Å². The first kappa shape index (κ1) is 12.1. The van der Waals surface area contributed by atoms with Gasteiger partial charge in [-0.3, -0.25) is 4.79 Å². The zero-order chi connectivity index (χ0) is 12.3. The summed E-state index contributed by atoms with van der Waals surface area (Å²) >= 11 is 0. The van der Waals surface area contributed by atoms with Crippen LogP contribution in [0.3, 0.4) is 0 Å². The topological polar surface area (TPSA) is 57.5 Å². The summed E-state index contributed by atoms with van der Waals surface area (Å²) in [6, 6.07) is 9.73. The fourth-order valence-corrected chi connectivity index (χ4v) is 2.61. The molecule has 1 aromatic rings. The van der Waals surface area contributed by atoms with Gasteiger partial charge in [0.05, 0.1) is 11.5 Å². The molecule has 0 bridgehead atoms. The molecule has 1 saturated carbocycles. The number of aliphatic hydroxyl groups excluding tert-OH is 1. The summed E-state index contributed by atoms with van der Waals surface area (Å²) < 4.78 is 0. The minimum Gasteiger partial charge on any atom is -0.481 e. The van der Waals surface area contributed by atoms with Crippen molar-refractivity contribution in [1.82, 2.24) is 0 Å². The molecule has 17 heavy (non-hydrogen) atoms. The molecule has 3 nitrogen and oxygen atoms in total. The van der Waals surface area contributed by atoms with Gasteiger partial charge in [0.15, 0.2) is 0 Å². The number of aliphatic hydroxyl groups is 1. The number of benzene rings is 1. The maximum atomic E-state index is 11.5. The largest absolute Gasteiger partial charge is 0.481 e. The second-order valence-electron chi connectivity index (χ2n) is 4.98. The van der Waals surface area contributed by atoms with Gasteiger partial charge in [-0.1, -0.05) is 30.3 Å². The summed E-state index contributed by atoms with van der Waals surface area (Å²) in [4.78, 5) is 11.5. The van der Waals surface area contributed by atoms with E-state index in [-0.39, 0.29) is 6.10 Å². The van der Waals surface area contributed by atoms with Crippen LogP contribution in [0.1, 0.15) is 31.2 Å². The lowest BCUT2D eigenvalue weighted by molar-refractivity contribution is -0.152. The van der Waals surface area contributed by atoms with Gasteiger partial charge in [0.25, 0.3) is 0 Å². The number of carboxylic acid groups (broad SMARTS) is 1. The molecule has 0 atom stereocenters.